The Morgan fingerprint density at radius 1 is 0.968 bits per heavy atom. The number of halogens is 2. The minimum Gasteiger partial charge on any atom is -0.345 e. The second kappa shape index (κ2) is 7.76. The van der Waals surface area contributed by atoms with Gasteiger partial charge in [-0.05, 0) is 80.1 Å². The quantitative estimate of drug-likeness (QED) is 0.327. The zero-order valence-electron chi connectivity index (χ0n) is 18.5. The van der Waals surface area contributed by atoms with Crippen molar-refractivity contribution in [3.8, 4) is 11.3 Å². The van der Waals surface area contributed by atoms with Crippen molar-refractivity contribution in [3.63, 3.8) is 0 Å². The summed E-state index contributed by atoms with van der Waals surface area (Å²) in [5, 5.41) is 4.81. The summed E-state index contributed by atoms with van der Waals surface area (Å²) in [6.45, 7) is 13.9. The predicted octanol–water partition coefficient (Wildman–Crippen LogP) is 7.34. The van der Waals surface area contributed by atoms with Crippen molar-refractivity contribution in [2.75, 3.05) is 5.32 Å². The summed E-state index contributed by atoms with van der Waals surface area (Å²) in [5.74, 6) is 1.07. The molecule has 2 aromatic carbocycles. The molecule has 0 spiro atoms. The van der Waals surface area contributed by atoms with Gasteiger partial charge in [0.15, 0.2) is 0 Å². The topological polar surface area (TPSA) is 32.8 Å². The van der Waals surface area contributed by atoms with Crippen molar-refractivity contribution in [3.05, 3.63) is 76.5 Å². The third-order valence-corrected chi connectivity index (χ3v) is 6.26. The summed E-state index contributed by atoms with van der Waals surface area (Å²) in [6, 6.07) is 11.5. The predicted molar refractivity (Wildman–Crippen MR) is 129 cm³/mol. The van der Waals surface area contributed by atoms with E-state index in [2.05, 4.69) is 23.8 Å². The van der Waals surface area contributed by atoms with E-state index in [-0.39, 0.29) is 0 Å². The normalized spacial score (nSPS) is 11.2. The fourth-order valence-electron chi connectivity index (χ4n) is 4.37. The molecule has 4 aromatic rings. The zero-order chi connectivity index (χ0) is 22.4. The largest absolute Gasteiger partial charge is 0.679 e. The van der Waals surface area contributed by atoms with E-state index in [4.69, 9.17) is 0 Å². The lowest BCUT2D eigenvalue weighted by Crippen LogP contribution is -2.17. The maximum absolute atomic E-state index is 14.5. The lowest BCUT2D eigenvalue weighted by atomic mass is 9.97. The number of rotatable bonds is 5. The number of nitrogens with one attached hydrogen (secondary N) is 2. The van der Waals surface area contributed by atoms with Crippen LogP contribution in [0.1, 0.15) is 33.5 Å². The highest BCUT2D eigenvalue weighted by molar-refractivity contribution is 6.44. The highest BCUT2D eigenvalue weighted by Gasteiger charge is 2.29. The van der Waals surface area contributed by atoms with Crippen LogP contribution in [0.4, 0.5) is 20.3 Å². The third-order valence-electron chi connectivity index (χ3n) is 6.26. The first-order valence-corrected chi connectivity index (χ1v) is 10.3. The smallest absolute Gasteiger partial charge is 0.345 e. The molecule has 0 atom stereocenters. The van der Waals surface area contributed by atoms with Crippen molar-refractivity contribution >= 4 is 35.9 Å². The van der Waals surface area contributed by atoms with Crippen LogP contribution in [0.3, 0.4) is 0 Å². The van der Waals surface area contributed by atoms with Crippen LogP contribution in [0.2, 0.25) is 0 Å². The van der Waals surface area contributed by atoms with E-state index in [1.54, 1.807) is 6.08 Å². The molecule has 0 aliphatic heterocycles. The maximum Gasteiger partial charge on any atom is 0.679 e. The molecular formula is C25H26BF2N3. The van der Waals surface area contributed by atoms with Crippen molar-refractivity contribution in [1.82, 2.24) is 9.46 Å². The third kappa shape index (κ3) is 3.36. The highest BCUT2D eigenvalue weighted by Crippen LogP contribution is 2.40. The van der Waals surface area contributed by atoms with E-state index in [1.807, 2.05) is 64.1 Å². The Hall–Kier alpha value is -3.28. The van der Waals surface area contributed by atoms with Gasteiger partial charge in [0, 0.05) is 22.2 Å². The Bertz CT molecular complexity index is 1290. The first kappa shape index (κ1) is 21.0. The van der Waals surface area contributed by atoms with E-state index in [0.717, 1.165) is 48.8 Å². The van der Waals surface area contributed by atoms with Crippen molar-refractivity contribution in [2.45, 2.75) is 34.6 Å². The molecule has 0 aliphatic carbocycles. The fraction of sp³-hybridized carbons (Fsp3) is 0.200. The molecule has 0 saturated heterocycles. The SMILES string of the molecule is C=Cc1c(C)[nH]c(Nc2c3ccccc3c(-c3cc(C)c(C)c(C)c3)n2B(F)F)c1C. The van der Waals surface area contributed by atoms with Crippen LogP contribution in [0.5, 0.6) is 0 Å². The first-order valence-electron chi connectivity index (χ1n) is 10.3. The maximum atomic E-state index is 14.5. The summed E-state index contributed by atoms with van der Waals surface area (Å²) < 4.78 is 30.2. The molecule has 2 heterocycles. The van der Waals surface area contributed by atoms with Gasteiger partial charge in [0.25, 0.3) is 0 Å². The Kier molecular flexibility index (Phi) is 5.25. The number of H-pyrrole nitrogens is 1. The van der Waals surface area contributed by atoms with Gasteiger partial charge in [0.2, 0.25) is 0 Å². The van der Waals surface area contributed by atoms with Crippen molar-refractivity contribution in [2.24, 2.45) is 0 Å². The number of hydrogen-bond acceptors (Lipinski definition) is 1. The highest BCUT2D eigenvalue weighted by atomic mass is 19.2. The van der Waals surface area contributed by atoms with Gasteiger partial charge in [-0.15, -0.1) is 0 Å². The summed E-state index contributed by atoms with van der Waals surface area (Å²) in [6.07, 6.45) is 1.78. The van der Waals surface area contributed by atoms with Gasteiger partial charge >= 0.3 is 7.40 Å². The average Bonchev–Trinajstić information content (AvgIpc) is 3.20. The number of fused-ring (bicyclic) bond motifs is 1. The fourth-order valence-corrected chi connectivity index (χ4v) is 4.37. The van der Waals surface area contributed by atoms with Crippen LogP contribution in [0, 0.1) is 34.6 Å². The molecule has 0 saturated carbocycles. The number of aromatic amines is 1. The van der Waals surface area contributed by atoms with Crippen LogP contribution in [0.15, 0.2) is 43.0 Å². The van der Waals surface area contributed by atoms with Gasteiger partial charge in [-0.2, -0.15) is 0 Å². The van der Waals surface area contributed by atoms with Gasteiger partial charge in [0.1, 0.15) is 11.6 Å². The van der Waals surface area contributed by atoms with E-state index < -0.39 is 7.40 Å². The first-order chi connectivity index (χ1) is 14.7. The number of hydrogen-bond donors (Lipinski definition) is 2. The lowest BCUT2D eigenvalue weighted by molar-refractivity contribution is 0.633. The molecule has 4 rings (SSSR count). The number of aromatic nitrogens is 2. The molecule has 0 amide bonds. The number of benzene rings is 2. The Morgan fingerprint density at radius 2 is 1.58 bits per heavy atom. The number of anilines is 2. The Balaban J connectivity index is 2.02. The van der Waals surface area contributed by atoms with Crippen LogP contribution >= 0.6 is 0 Å². The van der Waals surface area contributed by atoms with E-state index in [1.165, 1.54) is 5.56 Å². The summed E-state index contributed by atoms with van der Waals surface area (Å²) in [7, 11) is -2.71. The molecule has 6 heteroatoms. The number of aryl methyl sites for hydroxylation is 3. The molecule has 0 unspecified atom stereocenters. The molecular weight excluding hydrogens is 391 g/mol. The van der Waals surface area contributed by atoms with Gasteiger partial charge in [-0.3, -0.25) is 8.63 Å². The molecule has 2 aromatic heterocycles. The second-order valence-corrected chi connectivity index (χ2v) is 8.12. The summed E-state index contributed by atoms with van der Waals surface area (Å²) >= 11 is 0. The molecule has 31 heavy (non-hydrogen) atoms. The molecule has 2 N–H and O–H groups in total. The van der Waals surface area contributed by atoms with Crippen LogP contribution in [-0.4, -0.2) is 16.9 Å². The van der Waals surface area contributed by atoms with Gasteiger partial charge < -0.3 is 14.8 Å². The Labute approximate surface area is 182 Å². The summed E-state index contributed by atoms with van der Waals surface area (Å²) in [4.78, 5) is 3.28. The lowest BCUT2D eigenvalue weighted by Gasteiger charge is -2.15. The monoisotopic (exact) mass is 417 g/mol. The zero-order valence-corrected chi connectivity index (χ0v) is 18.5. The standard InChI is InChI=1S/C25H26BF2N3/c1-7-20-17(5)24(29-18(20)6)30-25-22-11-9-8-10-21(22)23(31(25)26(27)28)19-12-14(2)16(4)15(3)13-19/h7-13,29-30H,1H2,2-6H3. The van der Waals surface area contributed by atoms with Gasteiger partial charge in [-0.1, -0.05) is 36.9 Å². The van der Waals surface area contributed by atoms with E-state index in [0.29, 0.717) is 17.3 Å². The van der Waals surface area contributed by atoms with Gasteiger partial charge in [-0.25, -0.2) is 0 Å². The molecule has 158 valence electrons. The second-order valence-electron chi connectivity index (χ2n) is 8.12. The molecule has 0 radical (unpaired) electrons. The van der Waals surface area contributed by atoms with E-state index in [9.17, 15) is 8.63 Å². The number of nitrogens with zero attached hydrogens (tertiary/aromatic N) is 1. The molecule has 0 aliphatic rings. The summed E-state index contributed by atoms with van der Waals surface area (Å²) in [5.41, 5.74) is 7.52. The van der Waals surface area contributed by atoms with Gasteiger partial charge in [0.05, 0.1) is 0 Å². The van der Waals surface area contributed by atoms with Crippen LogP contribution in [0.25, 0.3) is 28.1 Å². The van der Waals surface area contributed by atoms with Crippen molar-refractivity contribution < 1.29 is 8.63 Å². The molecule has 0 bridgehead atoms. The van der Waals surface area contributed by atoms with E-state index >= 15 is 0 Å². The van der Waals surface area contributed by atoms with Crippen LogP contribution < -0.4 is 5.32 Å². The Morgan fingerprint density at radius 3 is 2.13 bits per heavy atom. The van der Waals surface area contributed by atoms with Crippen LogP contribution in [-0.2, 0) is 0 Å². The minimum absolute atomic E-state index is 0.372. The van der Waals surface area contributed by atoms with Crippen molar-refractivity contribution in [1.29, 1.82) is 0 Å². The molecule has 3 nitrogen and oxygen atoms in total. The molecule has 0 fully saturated rings. The minimum atomic E-state index is -2.71. The average molecular weight is 417 g/mol.